The lowest BCUT2D eigenvalue weighted by Gasteiger charge is -2.21. The van der Waals surface area contributed by atoms with Crippen LogP contribution in [-0.2, 0) is 11.8 Å². The molecule has 1 amide bonds. The fourth-order valence-corrected chi connectivity index (χ4v) is 2.76. The zero-order valence-electron chi connectivity index (χ0n) is 12.8. The first kappa shape index (κ1) is 15.5. The van der Waals surface area contributed by atoms with Gasteiger partial charge in [0.15, 0.2) is 0 Å². The van der Waals surface area contributed by atoms with Gasteiger partial charge in [-0.1, -0.05) is 0 Å². The van der Waals surface area contributed by atoms with Gasteiger partial charge in [0.1, 0.15) is 0 Å². The Labute approximate surface area is 124 Å². The fourth-order valence-electron chi connectivity index (χ4n) is 2.76. The van der Waals surface area contributed by atoms with Crippen LogP contribution in [0.1, 0.15) is 28.2 Å². The third-order valence-electron chi connectivity index (χ3n) is 3.96. The molecule has 0 saturated carbocycles. The molecule has 1 saturated heterocycles. The second-order valence-electron chi connectivity index (χ2n) is 5.49. The summed E-state index contributed by atoms with van der Waals surface area (Å²) in [6, 6.07) is 0. The van der Waals surface area contributed by atoms with Crippen LogP contribution >= 0.6 is 0 Å². The Hall–Kier alpha value is -1.89. The summed E-state index contributed by atoms with van der Waals surface area (Å²) in [5.74, 6) is -0.830. The number of hydrogen-bond acceptors (Lipinski definition) is 4. The maximum absolute atomic E-state index is 12.7. The minimum atomic E-state index is -0.825. The van der Waals surface area contributed by atoms with Crippen LogP contribution in [0.2, 0.25) is 0 Å². The molecule has 7 heteroatoms. The second-order valence-corrected chi connectivity index (χ2v) is 5.49. The fraction of sp³-hybridized carbons (Fsp3) is 0.643. The van der Waals surface area contributed by atoms with E-state index in [0.717, 1.165) is 17.8 Å². The minimum absolute atomic E-state index is 0.00437. The Kier molecular flexibility index (Phi) is 4.62. The second kappa shape index (κ2) is 6.26. The lowest BCUT2D eigenvalue weighted by molar-refractivity contribution is -0.138. The van der Waals surface area contributed by atoms with E-state index in [4.69, 9.17) is 5.11 Å². The summed E-state index contributed by atoms with van der Waals surface area (Å²) >= 11 is 0. The monoisotopic (exact) mass is 294 g/mol. The average molecular weight is 294 g/mol. The molecule has 1 aromatic rings. The van der Waals surface area contributed by atoms with Gasteiger partial charge in [-0.05, 0) is 20.3 Å². The number of aromatic nitrogens is 2. The van der Waals surface area contributed by atoms with Gasteiger partial charge in [-0.15, -0.1) is 0 Å². The van der Waals surface area contributed by atoms with Crippen LogP contribution in [0.25, 0.3) is 0 Å². The van der Waals surface area contributed by atoms with E-state index in [1.54, 1.807) is 9.58 Å². The van der Waals surface area contributed by atoms with Crippen molar-refractivity contribution in [1.82, 2.24) is 19.6 Å². The molecule has 21 heavy (non-hydrogen) atoms. The smallest absolute Gasteiger partial charge is 0.317 e. The molecule has 1 fully saturated rings. The van der Waals surface area contributed by atoms with Crippen molar-refractivity contribution in [3.63, 3.8) is 0 Å². The van der Waals surface area contributed by atoms with Crippen molar-refractivity contribution in [2.75, 3.05) is 32.7 Å². The summed E-state index contributed by atoms with van der Waals surface area (Å²) < 4.78 is 1.72. The number of carboxylic acids is 1. The SMILES string of the molecule is Cc1nn(C)c(C)c1C(=O)N1CCCN(CC(=O)O)CC1. The zero-order valence-corrected chi connectivity index (χ0v) is 12.8. The molecular formula is C14H22N4O3. The first-order valence-electron chi connectivity index (χ1n) is 7.13. The molecule has 0 spiro atoms. The number of rotatable bonds is 3. The first-order chi connectivity index (χ1) is 9.90. The van der Waals surface area contributed by atoms with Crippen LogP contribution < -0.4 is 0 Å². The van der Waals surface area contributed by atoms with Crippen LogP contribution in [0.5, 0.6) is 0 Å². The maximum atomic E-state index is 12.7. The van der Waals surface area contributed by atoms with Gasteiger partial charge < -0.3 is 10.0 Å². The number of carbonyl (C=O) groups is 2. The van der Waals surface area contributed by atoms with E-state index in [2.05, 4.69) is 5.10 Å². The summed E-state index contributed by atoms with van der Waals surface area (Å²) in [5, 5.41) is 13.1. The Morgan fingerprint density at radius 2 is 1.90 bits per heavy atom. The number of carbonyl (C=O) groups excluding carboxylic acids is 1. The van der Waals surface area contributed by atoms with Gasteiger partial charge >= 0.3 is 5.97 Å². The normalized spacial score (nSPS) is 16.8. The summed E-state index contributed by atoms with van der Waals surface area (Å²) in [6.45, 7) is 6.28. The molecule has 1 aromatic heterocycles. The van der Waals surface area contributed by atoms with E-state index in [1.165, 1.54) is 0 Å². The summed E-state index contributed by atoms with van der Waals surface area (Å²) in [7, 11) is 1.83. The highest BCUT2D eigenvalue weighted by Crippen LogP contribution is 2.16. The maximum Gasteiger partial charge on any atom is 0.317 e. The standard InChI is InChI=1S/C14H22N4O3/c1-10-13(11(2)16(3)15-10)14(21)18-6-4-5-17(7-8-18)9-12(19)20/h4-9H2,1-3H3,(H,19,20). The van der Waals surface area contributed by atoms with Crippen molar-refractivity contribution in [1.29, 1.82) is 0 Å². The van der Waals surface area contributed by atoms with Gasteiger partial charge in [-0.3, -0.25) is 19.2 Å². The van der Waals surface area contributed by atoms with Crippen LogP contribution in [0.15, 0.2) is 0 Å². The molecule has 0 unspecified atom stereocenters. The third kappa shape index (κ3) is 3.41. The van der Waals surface area contributed by atoms with Gasteiger partial charge in [0.2, 0.25) is 0 Å². The van der Waals surface area contributed by atoms with E-state index in [0.29, 0.717) is 31.7 Å². The highest BCUT2D eigenvalue weighted by atomic mass is 16.4. The summed E-state index contributed by atoms with van der Waals surface area (Å²) in [6.07, 6.45) is 0.789. The van der Waals surface area contributed by atoms with Crippen LogP contribution in [0.3, 0.4) is 0 Å². The Balaban J connectivity index is 2.08. The van der Waals surface area contributed by atoms with Gasteiger partial charge in [0.05, 0.1) is 17.8 Å². The zero-order chi connectivity index (χ0) is 15.6. The lowest BCUT2D eigenvalue weighted by Crippen LogP contribution is -2.37. The summed E-state index contributed by atoms with van der Waals surface area (Å²) in [4.78, 5) is 27.1. The molecule has 0 bridgehead atoms. The first-order valence-corrected chi connectivity index (χ1v) is 7.13. The van der Waals surface area contributed by atoms with Crippen LogP contribution in [0.4, 0.5) is 0 Å². The predicted molar refractivity (Wildman–Crippen MR) is 77.3 cm³/mol. The molecule has 1 N–H and O–H groups in total. The topological polar surface area (TPSA) is 78.7 Å². The molecule has 2 rings (SSSR count). The van der Waals surface area contributed by atoms with E-state index >= 15 is 0 Å². The van der Waals surface area contributed by atoms with Crippen molar-refractivity contribution >= 4 is 11.9 Å². The quantitative estimate of drug-likeness (QED) is 0.865. The van der Waals surface area contributed by atoms with E-state index in [-0.39, 0.29) is 12.5 Å². The number of nitrogens with zero attached hydrogens (tertiary/aromatic N) is 4. The Morgan fingerprint density at radius 3 is 2.48 bits per heavy atom. The molecule has 1 aliphatic rings. The largest absolute Gasteiger partial charge is 0.480 e. The van der Waals surface area contributed by atoms with Crippen molar-refractivity contribution < 1.29 is 14.7 Å². The molecule has 0 aliphatic carbocycles. The van der Waals surface area contributed by atoms with Crippen molar-refractivity contribution in [2.24, 2.45) is 7.05 Å². The molecule has 0 radical (unpaired) electrons. The average Bonchev–Trinajstić information content (AvgIpc) is 2.57. The van der Waals surface area contributed by atoms with Crippen molar-refractivity contribution in [3.05, 3.63) is 17.0 Å². The molecule has 1 aliphatic heterocycles. The van der Waals surface area contributed by atoms with Crippen LogP contribution in [-0.4, -0.2) is 69.3 Å². The minimum Gasteiger partial charge on any atom is -0.480 e. The molecule has 116 valence electrons. The third-order valence-corrected chi connectivity index (χ3v) is 3.96. The van der Waals surface area contributed by atoms with Gasteiger partial charge in [0, 0.05) is 38.9 Å². The highest BCUT2D eigenvalue weighted by molar-refractivity contribution is 5.96. The number of aryl methyl sites for hydroxylation is 2. The Morgan fingerprint density at radius 1 is 1.19 bits per heavy atom. The molecule has 2 heterocycles. The van der Waals surface area contributed by atoms with E-state index < -0.39 is 5.97 Å². The van der Waals surface area contributed by atoms with Gasteiger partial charge in [-0.25, -0.2) is 0 Å². The van der Waals surface area contributed by atoms with Crippen molar-refractivity contribution in [2.45, 2.75) is 20.3 Å². The molecule has 7 nitrogen and oxygen atoms in total. The van der Waals surface area contributed by atoms with E-state index in [1.807, 2.05) is 25.8 Å². The Bertz CT molecular complexity index is 553. The summed E-state index contributed by atoms with van der Waals surface area (Å²) in [5.41, 5.74) is 2.28. The van der Waals surface area contributed by atoms with Crippen molar-refractivity contribution in [3.8, 4) is 0 Å². The predicted octanol–water partition coefficient (Wildman–Crippen LogP) is 0.269. The molecular weight excluding hydrogens is 272 g/mol. The number of aliphatic carboxylic acids is 1. The molecule has 0 atom stereocenters. The van der Waals surface area contributed by atoms with Crippen LogP contribution in [0, 0.1) is 13.8 Å². The number of hydrogen-bond donors (Lipinski definition) is 1. The van der Waals surface area contributed by atoms with E-state index in [9.17, 15) is 9.59 Å². The van der Waals surface area contributed by atoms with Gasteiger partial charge in [0.25, 0.3) is 5.91 Å². The number of amides is 1. The molecule has 0 aromatic carbocycles. The lowest BCUT2D eigenvalue weighted by atomic mass is 10.1. The highest BCUT2D eigenvalue weighted by Gasteiger charge is 2.25. The number of carboxylic acid groups (broad SMARTS) is 1. The van der Waals surface area contributed by atoms with Gasteiger partial charge in [-0.2, -0.15) is 5.10 Å².